The topological polar surface area (TPSA) is 78.5 Å². The minimum absolute atomic E-state index is 0.0967. The van der Waals surface area contributed by atoms with Crippen LogP contribution in [0.3, 0.4) is 0 Å². The van der Waals surface area contributed by atoms with Crippen molar-refractivity contribution in [3.63, 3.8) is 0 Å². The number of amides is 4. The van der Waals surface area contributed by atoms with Crippen molar-refractivity contribution in [3.8, 4) is 0 Å². The second-order valence-corrected chi connectivity index (χ2v) is 7.08. The summed E-state index contributed by atoms with van der Waals surface area (Å²) >= 11 is 0. The van der Waals surface area contributed by atoms with Crippen molar-refractivity contribution in [1.82, 2.24) is 15.5 Å². The molecule has 1 aliphatic heterocycles. The van der Waals surface area contributed by atoms with Crippen LogP contribution in [0.15, 0.2) is 24.3 Å². The minimum Gasteiger partial charge on any atom is -0.352 e. The Morgan fingerprint density at radius 3 is 2.88 bits per heavy atom. The minimum atomic E-state index is -0.990. The number of benzene rings is 1. The van der Waals surface area contributed by atoms with Crippen molar-refractivity contribution in [2.24, 2.45) is 5.92 Å². The average molecular weight is 327 g/mol. The van der Waals surface area contributed by atoms with Crippen LogP contribution in [0.5, 0.6) is 0 Å². The number of imide groups is 1. The first-order valence-corrected chi connectivity index (χ1v) is 8.53. The van der Waals surface area contributed by atoms with Gasteiger partial charge in [0.25, 0.3) is 5.91 Å². The number of rotatable bonds is 4. The monoisotopic (exact) mass is 327 g/mol. The van der Waals surface area contributed by atoms with E-state index in [9.17, 15) is 14.4 Å². The van der Waals surface area contributed by atoms with Gasteiger partial charge in [0.05, 0.1) is 0 Å². The van der Waals surface area contributed by atoms with Crippen LogP contribution in [0, 0.1) is 5.92 Å². The Bertz CT molecular complexity index is 728. The number of carbonyl (C=O) groups is 3. The Kier molecular flexibility index (Phi) is 3.37. The van der Waals surface area contributed by atoms with Crippen molar-refractivity contribution >= 4 is 17.8 Å². The van der Waals surface area contributed by atoms with Crippen molar-refractivity contribution in [1.29, 1.82) is 0 Å². The van der Waals surface area contributed by atoms with Crippen LogP contribution in [0.4, 0.5) is 4.79 Å². The molecule has 2 fully saturated rings. The molecule has 4 rings (SSSR count). The van der Waals surface area contributed by atoms with Crippen LogP contribution < -0.4 is 10.6 Å². The van der Waals surface area contributed by atoms with Gasteiger partial charge in [-0.3, -0.25) is 14.5 Å². The van der Waals surface area contributed by atoms with Gasteiger partial charge in [-0.25, -0.2) is 4.79 Å². The first-order valence-electron chi connectivity index (χ1n) is 8.53. The molecule has 1 saturated heterocycles. The van der Waals surface area contributed by atoms with E-state index in [1.807, 2.05) is 31.2 Å². The van der Waals surface area contributed by atoms with Crippen LogP contribution in [0.25, 0.3) is 0 Å². The molecular formula is C18H21N3O3. The van der Waals surface area contributed by atoms with Gasteiger partial charge in [-0.05, 0) is 49.7 Å². The highest BCUT2D eigenvalue weighted by atomic mass is 16.2. The molecule has 2 N–H and O–H groups in total. The predicted molar refractivity (Wildman–Crippen MR) is 87.0 cm³/mol. The van der Waals surface area contributed by atoms with Crippen LogP contribution in [-0.2, 0) is 21.5 Å². The zero-order valence-electron chi connectivity index (χ0n) is 13.7. The van der Waals surface area contributed by atoms with Crippen molar-refractivity contribution < 1.29 is 14.4 Å². The Labute approximate surface area is 140 Å². The SMILES string of the molecule is C[C@H](NC(=O)CN1C(=O)N[C@]2(CCc3ccccc32)C1=O)C1CC1. The Balaban J connectivity index is 1.51. The van der Waals surface area contributed by atoms with Gasteiger partial charge in [-0.1, -0.05) is 24.3 Å². The lowest BCUT2D eigenvalue weighted by Gasteiger charge is -2.22. The highest BCUT2D eigenvalue weighted by Crippen LogP contribution is 2.41. The molecule has 1 aromatic rings. The molecule has 6 heteroatoms. The molecule has 0 aromatic heterocycles. The first kappa shape index (κ1) is 15.2. The Morgan fingerprint density at radius 2 is 2.12 bits per heavy atom. The van der Waals surface area contributed by atoms with E-state index in [-0.39, 0.29) is 24.4 Å². The lowest BCUT2D eigenvalue weighted by Crippen LogP contribution is -2.45. The van der Waals surface area contributed by atoms with E-state index in [0.29, 0.717) is 12.3 Å². The summed E-state index contributed by atoms with van der Waals surface area (Å²) in [6, 6.07) is 7.29. The fraction of sp³-hybridized carbons (Fsp3) is 0.500. The summed E-state index contributed by atoms with van der Waals surface area (Å²) in [7, 11) is 0. The standard InChI is InChI=1S/C18H21N3O3/c1-11(12-6-7-12)19-15(22)10-21-16(23)18(20-17(21)24)9-8-13-4-2-3-5-14(13)18/h2-5,11-12H,6-10H2,1H3,(H,19,22)(H,20,24)/t11-,18-/m0/s1. The van der Waals surface area contributed by atoms with Gasteiger partial charge in [0.15, 0.2) is 0 Å². The molecule has 1 heterocycles. The van der Waals surface area contributed by atoms with E-state index in [2.05, 4.69) is 10.6 Å². The lowest BCUT2D eigenvalue weighted by molar-refractivity contribution is -0.135. The van der Waals surface area contributed by atoms with Crippen LogP contribution in [-0.4, -0.2) is 35.3 Å². The molecule has 1 aromatic carbocycles. The van der Waals surface area contributed by atoms with Crippen molar-refractivity contribution in [3.05, 3.63) is 35.4 Å². The molecule has 126 valence electrons. The van der Waals surface area contributed by atoms with Gasteiger partial charge in [0.2, 0.25) is 5.91 Å². The van der Waals surface area contributed by atoms with Gasteiger partial charge >= 0.3 is 6.03 Å². The maximum absolute atomic E-state index is 12.9. The number of nitrogens with zero attached hydrogens (tertiary/aromatic N) is 1. The highest BCUT2D eigenvalue weighted by Gasteiger charge is 2.55. The summed E-state index contributed by atoms with van der Waals surface area (Å²) < 4.78 is 0. The van der Waals surface area contributed by atoms with E-state index < -0.39 is 11.6 Å². The number of hydrogen-bond donors (Lipinski definition) is 2. The molecule has 1 spiro atoms. The number of fused-ring (bicyclic) bond motifs is 2. The van der Waals surface area contributed by atoms with Gasteiger partial charge in [0.1, 0.15) is 12.1 Å². The number of urea groups is 1. The largest absolute Gasteiger partial charge is 0.352 e. The maximum atomic E-state index is 12.9. The molecule has 2 atom stereocenters. The summed E-state index contributed by atoms with van der Waals surface area (Å²) in [5, 5.41) is 5.73. The number of carbonyl (C=O) groups excluding carboxylic acids is 3. The molecule has 0 bridgehead atoms. The molecule has 0 radical (unpaired) electrons. The second-order valence-electron chi connectivity index (χ2n) is 7.08. The fourth-order valence-electron chi connectivity index (χ4n) is 3.89. The molecule has 3 aliphatic rings. The van der Waals surface area contributed by atoms with E-state index in [1.165, 1.54) is 0 Å². The number of hydrogen-bond acceptors (Lipinski definition) is 3. The second kappa shape index (κ2) is 5.33. The molecule has 1 saturated carbocycles. The van der Waals surface area contributed by atoms with Gasteiger partial charge in [-0.15, -0.1) is 0 Å². The van der Waals surface area contributed by atoms with Crippen molar-refractivity contribution in [2.75, 3.05) is 6.54 Å². The third-order valence-corrected chi connectivity index (χ3v) is 5.44. The van der Waals surface area contributed by atoms with Crippen molar-refractivity contribution in [2.45, 2.75) is 44.2 Å². The predicted octanol–water partition coefficient (Wildman–Crippen LogP) is 1.29. The average Bonchev–Trinajstić information content (AvgIpc) is 3.31. The van der Waals surface area contributed by atoms with Gasteiger partial charge in [-0.2, -0.15) is 0 Å². The highest BCUT2D eigenvalue weighted by molar-refractivity contribution is 6.09. The smallest absolute Gasteiger partial charge is 0.325 e. The third-order valence-electron chi connectivity index (χ3n) is 5.44. The lowest BCUT2D eigenvalue weighted by atomic mass is 9.92. The summed E-state index contributed by atoms with van der Waals surface area (Å²) in [6.45, 7) is 1.75. The van der Waals surface area contributed by atoms with Crippen LogP contribution >= 0.6 is 0 Å². The first-order chi connectivity index (χ1) is 11.5. The number of nitrogens with one attached hydrogen (secondary N) is 2. The van der Waals surface area contributed by atoms with E-state index in [0.717, 1.165) is 35.3 Å². The quantitative estimate of drug-likeness (QED) is 0.818. The molecule has 6 nitrogen and oxygen atoms in total. The normalized spacial score (nSPS) is 26.5. The summed E-state index contributed by atoms with van der Waals surface area (Å²) in [6.07, 6.45) is 3.56. The zero-order chi connectivity index (χ0) is 16.9. The maximum Gasteiger partial charge on any atom is 0.325 e. The van der Waals surface area contributed by atoms with Gasteiger partial charge < -0.3 is 10.6 Å². The zero-order valence-corrected chi connectivity index (χ0v) is 13.7. The fourth-order valence-corrected chi connectivity index (χ4v) is 3.89. The third kappa shape index (κ3) is 2.28. The van der Waals surface area contributed by atoms with E-state index in [1.54, 1.807) is 0 Å². The van der Waals surface area contributed by atoms with E-state index >= 15 is 0 Å². The molecule has 0 unspecified atom stereocenters. The Morgan fingerprint density at radius 1 is 1.38 bits per heavy atom. The molecular weight excluding hydrogens is 306 g/mol. The van der Waals surface area contributed by atoms with Crippen LogP contribution in [0.1, 0.15) is 37.3 Å². The van der Waals surface area contributed by atoms with E-state index in [4.69, 9.17) is 0 Å². The molecule has 4 amide bonds. The number of aryl methyl sites for hydroxylation is 1. The summed E-state index contributed by atoms with van der Waals surface area (Å²) in [5.41, 5.74) is 0.952. The van der Waals surface area contributed by atoms with Crippen LogP contribution in [0.2, 0.25) is 0 Å². The summed E-state index contributed by atoms with van der Waals surface area (Å²) in [5.74, 6) is -0.0574. The Hall–Kier alpha value is -2.37. The summed E-state index contributed by atoms with van der Waals surface area (Å²) in [4.78, 5) is 38.5. The van der Waals surface area contributed by atoms with Gasteiger partial charge in [0, 0.05) is 6.04 Å². The molecule has 24 heavy (non-hydrogen) atoms. The molecule has 2 aliphatic carbocycles.